The molecule has 2 saturated heterocycles. The monoisotopic (exact) mass is 364 g/mol. The van der Waals surface area contributed by atoms with Crippen molar-refractivity contribution in [1.29, 1.82) is 0 Å². The molecule has 2 aliphatic heterocycles. The summed E-state index contributed by atoms with van der Waals surface area (Å²) in [6.45, 7) is 2.06. The van der Waals surface area contributed by atoms with E-state index in [1.165, 1.54) is 0 Å². The van der Waals surface area contributed by atoms with Crippen LogP contribution < -0.4 is 4.90 Å². The van der Waals surface area contributed by atoms with Crippen LogP contribution in [0.25, 0.3) is 11.0 Å². The van der Waals surface area contributed by atoms with E-state index in [2.05, 4.69) is 15.1 Å². The van der Waals surface area contributed by atoms with E-state index in [0.29, 0.717) is 25.1 Å². The van der Waals surface area contributed by atoms with Gasteiger partial charge in [0, 0.05) is 50.0 Å². The predicted octanol–water partition coefficient (Wildman–Crippen LogP) is 1.97. The zero-order valence-corrected chi connectivity index (χ0v) is 14.8. The van der Waals surface area contributed by atoms with E-state index < -0.39 is 0 Å². The summed E-state index contributed by atoms with van der Waals surface area (Å²) in [6.07, 6.45) is 9.47. The maximum atomic E-state index is 13.0. The minimum atomic E-state index is 0.0128. The van der Waals surface area contributed by atoms with Gasteiger partial charge in [-0.3, -0.25) is 14.3 Å². The van der Waals surface area contributed by atoms with Crippen LogP contribution in [0.2, 0.25) is 0 Å². The molecule has 2 fully saturated rings. The summed E-state index contributed by atoms with van der Waals surface area (Å²) >= 11 is 0. The van der Waals surface area contributed by atoms with Gasteiger partial charge >= 0.3 is 0 Å². The lowest BCUT2D eigenvalue weighted by molar-refractivity contribution is -0.117. The van der Waals surface area contributed by atoms with Crippen molar-refractivity contribution in [2.24, 2.45) is 0 Å². The van der Waals surface area contributed by atoms with Gasteiger partial charge in [-0.25, -0.2) is 4.98 Å². The first-order valence-electron chi connectivity index (χ1n) is 9.26. The number of hydrogen-bond acceptors (Lipinski definition) is 4. The molecule has 1 atom stereocenters. The molecule has 0 aromatic carbocycles. The number of aromatic nitrogens is 4. The predicted molar refractivity (Wildman–Crippen MR) is 99.5 cm³/mol. The number of carbonyl (C=O) groups excluding carboxylic acids is 2. The molecule has 0 radical (unpaired) electrons. The Hall–Kier alpha value is -3.16. The quantitative estimate of drug-likeness (QED) is 0.770. The first-order chi connectivity index (χ1) is 13.2. The van der Waals surface area contributed by atoms with Crippen molar-refractivity contribution < 1.29 is 9.59 Å². The van der Waals surface area contributed by atoms with Crippen molar-refractivity contribution in [2.75, 3.05) is 24.5 Å². The second-order valence-corrected chi connectivity index (χ2v) is 7.12. The normalized spacial score (nSPS) is 20.1. The number of amides is 2. The third-order valence-electron chi connectivity index (χ3n) is 5.48. The average Bonchev–Trinajstić information content (AvgIpc) is 3.45. The van der Waals surface area contributed by atoms with Gasteiger partial charge in [0.15, 0.2) is 0 Å². The van der Waals surface area contributed by atoms with Crippen LogP contribution in [0.15, 0.2) is 36.9 Å². The van der Waals surface area contributed by atoms with Crippen molar-refractivity contribution in [3.63, 3.8) is 0 Å². The van der Waals surface area contributed by atoms with E-state index in [1.54, 1.807) is 23.5 Å². The Bertz CT molecular complexity index is 1020. The highest BCUT2D eigenvalue weighted by Crippen LogP contribution is 2.27. The van der Waals surface area contributed by atoms with Crippen LogP contribution >= 0.6 is 0 Å². The van der Waals surface area contributed by atoms with E-state index in [1.807, 2.05) is 27.9 Å². The standard InChI is InChI=1S/C19H20N6O2/c26-17-4-2-7-24(17)14-9-22-25(12-14)13-5-8-23(11-13)19(27)16-10-21-18-15(16)3-1-6-20-18/h1,3,6,9-10,12-13H,2,4-5,7-8,11H2,(H,20,21). The Morgan fingerprint density at radius 3 is 3.07 bits per heavy atom. The van der Waals surface area contributed by atoms with Gasteiger partial charge in [-0.2, -0.15) is 5.10 Å². The molecule has 0 saturated carbocycles. The van der Waals surface area contributed by atoms with Crippen LogP contribution in [-0.2, 0) is 4.79 Å². The highest BCUT2D eigenvalue weighted by Gasteiger charge is 2.31. The lowest BCUT2D eigenvalue weighted by Gasteiger charge is -2.16. The maximum absolute atomic E-state index is 13.0. The van der Waals surface area contributed by atoms with Gasteiger partial charge in [-0.05, 0) is 25.0 Å². The van der Waals surface area contributed by atoms with Crippen LogP contribution in [-0.4, -0.2) is 56.1 Å². The summed E-state index contributed by atoms with van der Waals surface area (Å²) in [7, 11) is 0. The summed E-state index contributed by atoms with van der Waals surface area (Å²) in [5.74, 6) is 0.171. The van der Waals surface area contributed by atoms with E-state index in [9.17, 15) is 9.59 Å². The molecule has 1 unspecified atom stereocenters. The van der Waals surface area contributed by atoms with Gasteiger partial charge in [0.2, 0.25) is 5.91 Å². The number of carbonyl (C=O) groups is 2. The summed E-state index contributed by atoms with van der Waals surface area (Å²) < 4.78 is 1.89. The van der Waals surface area contributed by atoms with Crippen LogP contribution in [0.4, 0.5) is 5.69 Å². The van der Waals surface area contributed by atoms with Gasteiger partial charge in [0.1, 0.15) is 5.65 Å². The van der Waals surface area contributed by atoms with Crippen LogP contribution in [0.1, 0.15) is 35.7 Å². The summed E-state index contributed by atoms with van der Waals surface area (Å²) in [5, 5.41) is 5.30. The SMILES string of the molecule is O=C(c1c[nH]c2ncccc12)N1CCC(n2cc(N3CCCC3=O)cn2)C1. The smallest absolute Gasteiger partial charge is 0.256 e. The van der Waals surface area contributed by atoms with Crippen LogP contribution in [0, 0.1) is 0 Å². The Labute approximate surface area is 155 Å². The van der Waals surface area contributed by atoms with Crippen molar-refractivity contribution in [3.05, 3.63) is 42.5 Å². The summed E-state index contributed by atoms with van der Waals surface area (Å²) in [6, 6.07) is 3.88. The molecule has 0 aliphatic carbocycles. The fraction of sp³-hybridized carbons (Fsp3) is 0.368. The van der Waals surface area contributed by atoms with Gasteiger partial charge in [0.25, 0.3) is 5.91 Å². The van der Waals surface area contributed by atoms with Crippen molar-refractivity contribution >= 4 is 28.5 Å². The number of nitrogens with zero attached hydrogens (tertiary/aromatic N) is 5. The number of nitrogens with one attached hydrogen (secondary N) is 1. The third-order valence-corrected chi connectivity index (χ3v) is 5.48. The van der Waals surface area contributed by atoms with Crippen molar-refractivity contribution in [3.8, 4) is 0 Å². The highest BCUT2D eigenvalue weighted by atomic mass is 16.2. The second-order valence-electron chi connectivity index (χ2n) is 7.12. The first-order valence-corrected chi connectivity index (χ1v) is 9.26. The minimum Gasteiger partial charge on any atom is -0.345 e. The Morgan fingerprint density at radius 2 is 2.22 bits per heavy atom. The van der Waals surface area contributed by atoms with Crippen molar-refractivity contribution in [2.45, 2.75) is 25.3 Å². The lowest BCUT2D eigenvalue weighted by atomic mass is 10.2. The molecule has 1 N–H and O–H groups in total. The Morgan fingerprint density at radius 1 is 1.30 bits per heavy atom. The molecular formula is C19H20N6O2. The Balaban J connectivity index is 1.32. The number of pyridine rings is 1. The number of H-pyrrole nitrogens is 1. The van der Waals surface area contributed by atoms with Gasteiger partial charge < -0.3 is 14.8 Å². The molecule has 3 aromatic heterocycles. The number of fused-ring (bicyclic) bond motifs is 1. The Kier molecular flexibility index (Phi) is 3.70. The topological polar surface area (TPSA) is 87.1 Å². The fourth-order valence-electron chi connectivity index (χ4n) is 4.03. The lowest BCUT2D eigenvalue weighted by Crippen LogP contribution is -2.29. The number of rotatable bonds is 3. The van der Waals surface area contributed by atoms with E-state index in [-0.39, 0.29) is 17.9 Å². The third kappa shape index (κ3) is 2.68. The number of anilines is 1. The van der Waals surface area contributed by atoms with E-state index in [0.717, 1.165) is 36.1 Å². The molecule has 8 heteroatoms. The van der Waals surface area contributed by atoms with E-state index >= 15 is 0 Å². The van der Waals surface area contributed by atoms with Gasteiger partial charge in [0.05, 0.1) is 23.5 Å². The number of hydrogen-bond donors (Lipinski definition) is 1. The summed E-state index contributed by atoms with van der Waals surface area (Å²) in [4.78, 5) is 35.8. The largest absolute Gasteiger partial charge is 0.345 e. The summed E-state index contributed by atoms with van der Waals surface area (Å²) in [5.41, 5.74) is 2.23. The molecular weight excluding hydrogens is 344 g/mol. The van der Waals surface area contributed by atoms with Crippen LogP contribution in [0.3, 0.4) is 0 Å². The van der Waals surface area contributed by atoms with Crippen LogP contribution in [0.5, 0.6) is 0 Å². The average molecular weight is 364 g/mol. The molecule has 8 nitrogen and oxygen atoms in total. The molecule has 138 valence electrons. The molecule has 27 heavy (non-hydrogen) atoms. The minimum absolute atomic E-state index is 0.0128. The second kappa shape index (κ2) is 6.22. The van der Waals surface area contributed by atoms with Gasteiger partial charge in [-0.1, -0.05) is 0 Å². The van der Waals surface area contributed by atoms with Gasteiger partial charge in [-0.15, -0.1) is 0 Å². The molecule has 3 aromatic rings. The van der Waals surface area contributed by atoms with E-state index in [4.69, 9.17) is 0 Å². The number of likely N-dealkylation sites (tertiary alicyclic amines) is 1. The molecule has 5 heterocycles. The zero-order valence-electron chi connectivity index (χ0n) is 14.8. The molecule has 0 spiro atoms. The zero-order chi connectivity index (χ0) is 18.4. The molecule has 2 aliphatic rings. The molecule has 2 amide bonds. The maximum Gasteiger partial charge on any atom is 0.256 e. The molecule has 5 rings (SSSR count). The molecule has 0 bridgehead atoms. The highest BCUT2D eigenvalue weighted by molar-refractivity contribution is 6.06. The number of aromatic amines is 1. The first kappa shape index (κ1) is 16.0. The van der Waals surface area contributed by atoms with Crippen molar-refractivity contribution in [1.82, 2.24) is 24.6 Å². The fourth-order valence-corrected chi connectivity index (χ4v) is 4.03.